The average molecular weight is 742 g/mol. The van der Waals surface area contributed by atoms with Crippen molar-refractivity contribution >= 4 is 17.1 Å². The highest BCUT2D eigenvalue weighted by atomic mass is 15.1. The zero-order chi connectivity index (χ0) is 39.1. The van der Waals surface area contributed by atoms with E-state index in [4.69, 9.17) is 0 Å². The summed E-state index contributed by atoms with van der Waals surface area (Å²) in [6, 6.07) is 82.6. The fourth-order valence-corrected chi connectivity index (χ4v) is 9.22. The Morgan fingerprint density at radius 2 is 0.741 bits per heavy atom. The molecule has 0 atom stereocenters. The van der Waals surface area contributed by atoms with E-state index >= 15 is 0 Å². The molecule has 0 amide bonds. The van der Waals surface area contributed by atoms with Crippen molar-refractivity contribution in [2.75, 3.05) is 4.90 Å². The van der Waals surface area contributed by atoms with Crippen LogP contribution in [0.3, 0.4) is 0 Å². The molecule has 0 bridgehead atoms. The van der Waals surface area contributed by atoms with Gasteiger partial charge < -0.3 is 4.90 Å². The first-order chi connectivity index (χ1) is 28.6. The lowest BCUT2D eigenvalue weighted by atomic mass is 9.67. The molecule has 0 saturated carbocycles. The molecule has 1 aliphatic carbocycles. The summed E-state index contributed by atoms with van der Waals surface area (Å²) in [5.74, 6) is 0. The summed E-state index contributed by atoms with van der Waals surface area (Å²) >= 11 is 0. The summed E-state index contributed by atoms with van der Waals surface area (Å²) in [6.07, 6.45) is 0. The highest BCUT2D eigenvalue weighted by Crippen LogP contribution is 2.60. The molecule has 276 valence electrons. The van der Waals surface area contributed by atoms with Crippen molar-refractivity contribution in [3.8, 4) is 44.5 Å². The first kappa shape index (κ1) is 35.2. The minimum atomic E-state index is -0.515. The SMILES string of the molecule is Cc1ccc(C2(c3ccc(C)cc3)c3ccccc3-c3c(N(c4ccc(-c5ccccc5-c5ccccc5)cc4)c4ccccc4-c4ccccc4)cccc32)cc1. The molecule has 0 fully saturated rings. The van der Waals surface area contributed by atoms with E-state index in [2.05, 4.69) is 243 Å². The minimum Gasteiger partial charge on any atom is -0.309 e. The van der Waals surface area contributed by atoms with Gasteiger partial charge in [0, 0.05) is 16.8 Å². The Bertz CT molecular complexity index is 2830. The average Bonchev–Trinajstić information content (AvgIpc) is 3.59. The highest BCUT2D eigenvalue weighted by Gasteiger charge is 2.47. The van der Waals surface area contributed by atoms with Crippen LogP contribution in [0.15, 0.2) is 224 Å². The van der Waals surface area contributed by atoms with Crippen molar-refractivity contribution in [2.45, 2.75) is 19.3 Å². The van der Waals surface area contributed by atoms with Crippen LogP contribution in [0.4, 0.5) is 17.1 Å². The molecule has 9 aromatic rings. The second kappa shape index (κ2) is 14.7. The lowest BCUT2D eigenvalue weighted by molar-refractivity contribution is 0.767. The van der Waals surface area contributed by atoms with Gasteiger partial charge in [0.15, 0.2) is 0 Å². The van der Waals surface area contributed by atoms with Gasteiger partial charge in [0.2, 0.25) is 0 Å². The quantitative estimate of drug-likeness (QED) is 0.150. The van der Waals surface area contributed by atoms with Gasteiger partial charge in [-0.25, -0.2) is 0 Å². The summed E-state index contributed by atoms with van der Waals surface area (Å²) in [4.78, 5) is 2.49. The van der Waals surface area contributed by atoms with Crippen LogP contribution in [0.2, 0.25) is 0 Å². The van der Waals surface area contributed by atoms with Gasteiger partial charge in [0.1, 0.15) is 0 Å². The normalized spacial score (nSPS) is 12.4. The van der Waals surface area contributed by atoms with E-state index in [1.807, 2.05) is 0 Å². The molecule has 9 aromatic carbocycles. The van der Waals surface area contributed by atoms with E-state index in [9.17, 15) is 0 Å². The third-order valence-electron chi connectivity index (χ3n) is 11.9. The predicted octanol–water partition coefficient (Wildman–Crippen LogP) is 15.1. The molecular formula is C57H43N. The number of hydrogen-bond donors (Lipinski definition) is 0. The standard InChI is InChI=1S/C57H43N/c1-40-28-34-45(35-29-40)57(46-36-30-41(2)31-37-46)52-24-13-11-23-51(52)56-53(57)25-15-27-55(56)58(54-26-14-12-22-50(54)43-18-7-4-8-19-43)47-38-32-44(33-39-47)49-21-10-9-20-48(49)42-16-5-3-6-17-42/h3-39H,1-2H3. The van der Waals surface area contributed by atoms with E-state index in [-0.39, 0.29) is 0 Å². The van der Waals surface area contributed by atoms with Crippen molar-refractivity contribution in [3.05, 3.63) is 258 Å². The molecule has 58 heavy (non-hydrogen) atoms. The summed E-state index contributed by atoms with van der Waals surface area (Å²) < 4.78 is 0. The number of anilines is 3. The van der Waals surface area contributed by atoms with Gasteiger partial charge in [-0.3, -0.25) is 0 Å². The second-order valence-electron chi connectivity index (χ2n) is 15.4. The van der Waals surface area contributed by atoms with Crippen LogP contribution in [0.5, 0.6) is 0 Å². The van der Waals surface area contributed by atoms with Gasteiger partial charge in [-0.1, -0.05) is 211 Å². The molecule has 0 N–H and O–H groups in total. The Morgan fingerprint density at radius 3 is 1.33 bits per heavy atom. The van der Waals surface area contributed by atoms with Crippen LogP contribution >= 0.6 is 0 Å². The number of rotatable bonds is 8. The molecule has 0 aliphatic heterocycles. The molecule has 0 aromatic heterocycles. The van der Waals surface area contributed by atoms with Crippen LogP contribution in [0, 0.1) is 13.8 Å². The maximum absolute atomic E-state index is 2.49. The molecule has 0 unspecified atom stereocenters. The fourth-order valence-electron chi connectivity index (χ4n) is 9.22. The maximum atomic E-state index is 2.49. The van der Waals surface area contributed by atoms with E-state index in [1.54, 1.807) is 0 Å². The summed E-state index contributed by atoms with van der Waals surface area (Å²) in [7, 11) is 0. The Hall–Kier alpha value is -7.22. The van der Waals surface area contributed by atoms with Gasteiger partial charge in [-0.05, 0) is 93.7 Å². The molecule has 0 heterocycles. The Labute approximate surface area is 342 Å². The number of benzene rings is 9. The molecular weight excluding hydrogens is 699 g/mol. The maximum Gasteiger partial charge on any atom is 0.0714 e. The topological polar surface area (TPSA) is 3.24 Å². The van der Waals surface area contributed by atoms with Gasteiger partial charge in [0.25, 0.3) is 0 Å². The van der Waals surface area contributed by atoms with Crippen molar-refractivity contribution in [3.63, 3.8) is 0 Å². The number of aryl methyl sites for hydroxylation is 2. The third-order valence-corrected chi connectivity index (χ3v) is 11.9. The zero-order valence-corrected chi connectivity index (χ0v) is 32.8. The zero-order valence-electron chi connectivity index (χ0n) is 32.8. The van der Waals surface area contributed by atoms with Crippen LogP contribution in [0.25, 0.3) is 44.5 Å². The summed E-state index contributed by atoms with van der Waals surface area (Å²) in [5.41, 5.74) is 20.2. The van der Waals surface area contributed by atoms with Crippen molar-refractivity contribution in [1.29, 1.82) is 0 Å². The number of fused-ring (bicyclic) bond motifs is 3. The third kappa shape index (κ3) is 5.87. The molecule has 1 nitrogen and oxygen atoms in total. The van der Waals surface area contributed by atoms with Gasteiger partial charge in [-0.2, -0.15) is 0 Å². The van der Waals surface area contributed by atoms with Gasteiger partial charge >= 0.3 is 0 Å². The second-order valence-corrected chi connectivity index (χ2v) is 15.4. The molecule has 0 radical (unpaired) electrons. The van der Waals surface area contributed by atoms with Crippen LogP contribution in [0.1, 0.15) is 33.4 Å². The molecule has 0 saturated heterocycles. The van der Waals surface area contributed by atoms with E-state index in [0.717, 1.165) is 17.1 Å². The van der Waals surface area contributed by atoms with Gasteiger partial charge in [0.05, 0.1) is 16.8 Å². The van der Waals surface area contributed by atoms with Crippen LogP contribution < -0.4 is 4.90 Å². The lowest BCUT2D eigenvalue weighted by Gasteiger charge is -2.35. The lowest BCUT2D eigenvalue weighted by Crippen LogP contribution is -2.28. The number of para-hydroxylation sites is 1. The Kier molecular flexibility index (Phi) is 8.92. The van der Waals surface area contributed by atoms with Crippen molar-refractivity contribution in [1.82, 2.24) is 0 Å². The van der Waals surface area contributed by atoms with Crippen molar-refractivity contribution < 1.29 is 0 Å². The molecule has 0 spiro atoms. The van der Waals surface area contributed by atoms with Crippen LogP contribution in [-0.4, -0.2) is 0 Å². The first-order valence-electron chi connectivity index (χ1n) is 20.2. The fraction of sp³-hybridized carbons (Fsp3) is 0.0526. The molecule has 1 heteroatoms. The van der Waals surface area contributed by atoms with E-state index < -0.39 is 5.41 Å². The smallest absolute Gasteiger partial charge is 0.0714 e. The van der Waals surface area contributed by atoms with Crippen molar-refractivity contribution in [2.24, 2.45) is 0 Å². The highest BCUT2D eigenvalue weighted by molar-refractivity contribution is 5.99. The number of nitrogens with zero attached hydrogens (tertiary/aromatic N) is 1. The Balaban J connectivity index is 1.23. The molecule has 1 aliphatic rings. The summed E-state index contributed by atoms with van der Waals surface area (Å²) in [6.45, 7) is 4.34. The monoisotopic (exact) mass is 741 g/mol. The first-order valence-corrected chi connectivity index (χ1v) is 20.2. The minimum absolute atomic E-state index is 0.515. The van der Waals surface area contributed by atoms with Gasteiger partial charge in [-0.15, -0.1) is 0 Å². The van der Waals surface area contributed by atoms with E-state index in [0.29, 0.717) is 0 Å². The Morgan fingerprint density at radius 1 is 0.310 bits per heavy atom. The number of hydrogen-bond acceptors (Lipinski definition) is 1. The largest absolute Gasteiger partial charge is 0.309 e. The predicted molar refractivity (Wildman–Crippen MR) is 244 cm³/mol. The molecule has 10 rings (SSSR count). The summed E-state index contributed by atoms with van der Waals surface area (Å²) in [5, 5.41) is 0. The van der Waals surface area contributed by atoms with Crippen LogP contribution in [-0.2, 0) is 5.41 Å². The van der Waals surface area contributed by atoms with E-state index in [1.165, 1.54) is 77.9 Å².